The second kappa shape index (κ2) is 4.53. The van der Waals surface area contributed by atoms with Crippen LogP contribution in [0.5, 0.6) is 0 Å². The molecule has 1 aromatic rings. The molecule has 1 saturated heterocycles. The maximum Gasteiger partial charge on any atom is 0.303 e. The number of hydrogen-bond acceptors (Lipinski definition) is 4. The van der Waals surface area contributed by atoms with Gasteiger partial charge in [0.05, 0.1) is 24.5 Å². The smallest absolute Gasteiger partial charge is 0.303 e. The highest BCUT2D eigenvalue weighted by Crippen LogP contribution is 2.35. The molecule has 0 unspecified atom stereocenters. The van der Waals surface area contributed by atoms with Gasteiger partial charge in [0.25, 0.3) is 0 Å². The molecule has 0 aliphatic carbocycles. The molecule has 1 N–H and O–H groups in total. The van der Waals surface area contributed by atoms with E-state index in [9.17, 15) is 4.79 Å². The summed E-state index contributed by atoms with van der Waals surface area (Å²) in [6.07, 6.45) is 0.731. The molecular weight excluding hydrogens is 228 g/mol. The van der Waals surface area contributed by atoms with Gasteiger partial charge in [-0.1, -0.05) is 0 Å². The first kappa shape index (κ1) is 11.6. The monoisotopic (exact) mass is 242 g/mol. The summed E-state index contributed by atoms with van der Waals surface area (Å²) >= 11 is 1.56. The third kappa shape index (κ3) is 2.42. The summed E-state index contributed by atoms with van der Waals surface area (Å²) in [6, 6.07) is 3.90. The Morgan fingerprint density at radius 1 is 1.50 bits per heavy atom. The SMILES string of the molecule is CC1(c2ccc(CCC(=O)O)s2)OCCO1. The Labute approximate surface area is 97.8 Å². The van der Waals surface area contributed by atoms with Crippen molar-refractivity contribution in [3.8, 4) is 0 Å². The third-order valence-corrected chi connectivity index (χ3v) is 3.86. The first-order chi connectivity index (χ1) is 7.60. The van der Waals surface area contributed by atoms with Crippen molar-refractivity contribution in [2.24, 2.45) is 0 Å². The molecule has 1 aromatic heterocycles. The lowest BCUT2D eigenvalue weighted by Crippen LogP contribution is -2.20. The number of carboxylic acid groups (broad SMARTS) is 1. The van der Waals surface area contributed by atoms with Gasteiger partial charge in [-0.2, -0.15) is 0 Å². The molecule has 5 heteroatoms. The van der Waals surface area contributed by atoms with Gasteiger partial charge in [-0.25, -0.2) is 0 Å². The van der Waals surface area contributed by atoms with Gasteiger partial charge in [0.15, 0.2) is 0 Å². The highest BCUT2D eigenvalue weighted by atomic mass is 32.1. The lowest BCUT2D eigenvalue weighted by atomic mass is 10.2. The standard InChI is InChI=1S/C11H14O4S/c1-11(14-6-7-15-11)9-4-2-8(16-9)3-5-10(12)13/h2,4H,3,5-7H2,1H3,(H,12,13). The zero-order valence-electron chi connectivity index (χ0n) is 9.06. The van der Waals surface area contributed by atoms with Crippen molar-refractivity contribution in [2.45, 2.75) is 25.6 Å². The molecule has 0 aromatic carbocycles. The minimum Gasteiger partial charge on any atom is -0.481 e. The summed E-state index contributed by atoms with van der Waals surface area (Å²) in [4.78, 5) is 12.5. The molecule has 1 fully saturated rings. The highest BCUT2D eigenvalue weighted by Gasteiger charge is 2.34. The van der Waals surface area contributed by atoms with Crippen molar-refractivity contribution >= 4 is 17.3 Å². The zero-order valence-corrected chi connectivity index (χ0v) is 9.88. The molecule has 0 atom stereocenters. The van der Waals surface area contributed by atoms with E-state index in [-0.39, 0.29) is 6.42 Å². The van der Waals surface area contributed by atoms with Crippen molar-refractivity contribution in [3.63, 3.8) is 0 Å². The van der Waals surface area contributed by atoms with Crippen LogP contribution >= 0.6 is 11.3 Å². The van der Waals surface area contributed by atoms with Crippen LogP contribution in [-0.4, -0.2) is 24.3 Å². The lowest BCUT2D eigenvalue weighted by Gasteiger charge is -2.20. The van der Waals surface area contributed by atoms with Gasteiger partial charge in [-0.05, 0) is 25.5 Å². The van der Waals surface area contributed by atoms with E-state index in [4.69, 9.17) is 14.6 Å². The molecule has 1 aliphatic rings. The number of carboxylic acids is 1. The number of ether oxygens (including phenoxy) is 2. The van der Waals surface area contributed by atoms with Gasteiger partial charge in [0.2, 0.25) is 5.79 Å². The molecular formula is C11H14O4S. The summed E-state index contributed by atoms with van der Waals surface area (Å²) in [7, 11) is 0. The van der Waals surface area contributed by atoms with E-state index in [2.05, 4.69) is 0 Å². The van der Waals surface area contributed by atoms with Crippen LogP contribution in [-0.2, 0) is 26.5 Å². The van der Waals surface area contributed by atoms with Crippen LogP contribution in [0, 0.1) is 0 Å². The summed E-state index contributed by atoms with van der Waals surface area (Å²) in [5.41, 5.74) is 0. The number of aliphatic carboxylic acids is 1. The predicted octanol–water partition coefficient (Wildman–Crippen LogP) is 1.98. The van der Waals surface area contributed by atoms with Crippen molar-refractivity contribution in [3.05, 3.63) is 21.9 Å². The fourth-order valence-electron chi connectivity index (χ4n) is 1.64. The van der Waals surface area contributed by atoms with Gasteiger partial charge < -0.3 is 14.6 Å². The number of thiophene rings is 1. The number of hydrogen-bond donors (Lipinski definition) is 1. The molecule has 0 spiro atoms. The average molecular weight is 242 g/mol. The van der Waals surface area contributed by atoms with E-state index in [0.29, 0.717) is 19.6 Å². The molecule has 2 heterocycles. The molecule has 1 aliphatic heterocycles. The molecule has 16 heavy (non-hydrogen) atoms. The molecule has 4 nitrogen and oxygen atoms in total. The second-order valence-electron chi connectivity index (χ2n) is 3.80. The van der Waals surface area contributed by atoms with E-state index in [0.717, 1.165) is 9.75 Å². The van der Waals surface area contributed by atoms with Crippen molar-refractivity contribution < 1.29 is 19.4 Å². The molecule has 0 bridgehead atoms. The number of carbonyl (C=O) groups is 1. The van der Waals surface area contributed by atoms with E-state index in [1.807, 2.05) is 19.1 Å². The molecule has 2 rings (SSSR count). The van der Waals surface area contributed by atoms with E-state index in [1.165, 1.54) is 0 Å². The molecule has 88 valence electrons. The Morgan fingerprint density at radius 2 is 2.19 bits per heavy atom. The topological polar surface area (TPSA) is 55.8 Å². The fraction of sp³-hybridized carbons (Fsp3) is 0.545. The minimum atomic E-state index is -0.769. The predicted molar refractivity (Wildman–Crippen MR) is 59.5 cm³/mol. The first-order valence-electron chi connectivity index (χ1n) is 5.19. The Kier molecular flexibility index (Phi) is 3.28. The fourth-order valence-corrected chi connectivity index (χ4v) is 2.71. The van der Waals surface area contributed by atoms with Crippen LogP contribution < -0.4 is 0 Å². The third-order valence-electron chi connectivity index (χ3n) is 2.53. The Hall–Kier alpha value is -0.910. The second-order valence-corrected chi connectivity index (χ2v) is 4.97. The van der Waals surface area contributed by atoms with Crippen molar-refractivity contribution in [2.75, 3.05) is 13.2 Å². The largest absolute Gasteiger partial charge is 0.481 e. The van der Waals surface area contributed by atoms with Crippen molar-refractivity contribution in [1.29, 1.82) is 0 Å². The maximum absolute atomic E-state index is 10.5. The average Bonchev–Trinajstić information content (AvgIpc) is 2.84. The molecule has 0 amide bonds. The normalized spacial score (nSPS) is 18.8. The van der Waals surface area contributed by atoms with E-state index < -0.39 is 11.8 Å². The van der Waals surface area contributed by atoms with Crippen LogP contribution in [0.4, 0.5) is 0 Å². The van der Waals surface area contributed by atoms with Gasteiger partial charge in [0.1, 0.15) is 0 Å². The van der Waals surface area contributed by atoms with Crippen LogP contribution in [0.25, 0.3) is 0 Å². The van der Waals surface area contributed by atoms with Gasteiger partial charge in [-0.15, -0.1) is 11.3 Å². The van der Waals surface area contributed by atoms with Crippen LogP contribution in [0.1, 0.15) is 23.1 Å². The van der Waals surface area contributed by atoms with Gasteiger partial charge >= 0.3 is 5.97 Å². The van der Waals surface area contributed by atoms with Crippen LogP contribution in [0.2, 0.25) is 0 Å². The summed E-state index contributed by atoms with van der Waals surface area (Å²) in [5, 5.41) is 8.60. The zero-order chi connectivity index (χ0) is 11.6. The van der Waals surface area contributed by atoms with Gasteiger partial charge in [-0.3, -0.25) is 4.79 Å². The molecule has 0 radical (unpaired) electrons. The Balaban J connectivity index is 2.04. The Bertz CT molecular complexity index is 379. The van der Waals surface area contributed by atoms with E-state index in [1.54, 1.807) is 11.3 Å². The summed E-state index contributed by atoms with van der Waals surface area (Å²) < 4.78 is 11.1. The molecule has 0 saturated carbocycles. The minimum absolute atomic E-state index is 0.165. The van der Waals surface area contributed by atoms with Gasteiger partial charge in [0, 0.05) is 4.88 Å². The number of rotatable bonds is 4. The van der Waals surface area contributed by atoms with E-state index >= 15 is 0 Å². The lowest BCUT2D eigenvalue weighted by molar-refractivity contribution is -0.146. The number of aryl methyl sites for hydroxylation is 1. The van der Waals surface area contributed by atoms with Crippen molar-refractivity contribution in [1.82, 2.24) is 0 Å². The van der Waals surface area contributed by atoms with Crippen LogP contribution in [0.3, 0.4) is 0 Å². The quantitative estimate of drug-likeness (QED) is 0.877. The summed E-state index contributed by atoms with van der Waals surface area (Å²) in [5.74, 6) is -1.40. The Morgan fingerprint density at radius 3 is 2.81 bits per heavy atom. The van der Waals surface area contributed by atoms with Crippen LogP contribution in [0.15, 0.2) is 12.1 Å². The maximum atomic E-state index is 10.5. The first-order valence-corrected chi connectivity index (χ1v) is 6.01. The summed E-state index contributed by atoms with van der Waals surface area (Å²) in [6.45, 7) is 3.12. The highest BCUT2D eigenvalue weighted by molar-refractivity contribution is 7.12.